The highest BCUT2D eigenvalue weighted by molar-refractivity contribution is 5.96. The Morgan fingerprint density at radius 3 is 2.56 bits per heavy atom. The molecular formula is C10H12N2O4. The number of nitrogens with two attached hydrogens (primary N) is 1. The van der Waals surface area contributed by atoms with Crippen LogP contribution in [-0.4, -0.2) is 17.0 Å². The summed E-state index contributed by atoms with van der Waals surface area (Å²) >= 11 is 0. The first-order chi connectivity index (χ1) is 7.63. The third-order valence-electron chi connectivity index (χ3n) is 1.76. The van der Waals surface area contributed by atoms with Gasteiger partial charge in [-0.1, -0.05) is 29.4 Å². The van der Waals surface area contributed by atoms with Crippen molar-refractivity contribution in [2.24, 2.45) is 10.9 Å². The monoisotopic (exact) mass is 224 g/mol. The van der Waals surface area contributed by atoms with E-state index in [0.29, 0.717) is 5.56 Å². The lowest BCUT2D eigenvalue weighted by Gasteiger charge is -2.03. The summed E-state index contributed by atoms with van der Waals surface area (Å²) in [6.45, 7) is 1.40. The molecule has 0 saturated heterocycles. The highest BCUT2D eigenvalue weighted by Crippen LogP contribution is 2.05. The summed E-state index contributed by atoms with van der Waals surface area (Å²) in [5.41, 5.74) is 6.78. The maximum Gasteiger partial charge on any atom is 0.339 e. The zero-order valence-corrected chi connectivity index (χ0v) is 8.71. The van der Waals surface area contributed by atoms with Gasteiger partial charge in [-0.3, -0.25) is 4.89 Å². The number of hydrogen-bond donors (Lipinski definition) is 2. The fourth-order valence-corrected chi connectivity index (χ4v) is 1.01. The number of nitrogens with zero attached hydrogens (tertiary/aromatic N) is 1. The third kappa shape index (κ3) is 3.58. The van der Waals surface area contributed by atoms with Crippen LogP contribution in [0.3, 0.4) is 0 Å². The van der Waals surface area contributed by atoms with E-state index in [1.165, 1.54) is 6.92 Å². The summed E-state index contributed by atoms with van der Waals surface area (Å²) in [6, 6.07) is 6.77. The van der Waals surface area contributed by atoms with Gasteiger partial charge in [0.25, 0.3) is 0 Å². The molecule has 0 unspecified atom stereocenters. The molecule has 1 rings (SSSR count). The van der Waals surface area contributed by atoms with Gasteiger partial charge in [0, 0.05) is 12.5 Å². The van der Waals surface area contributed by atoms with E-state index in [9.17, 15) is 4.79 Å². The molecule has 0 aliphatic rings. The summed E-state index contributed by atoms with van der Waals surface area (Å²) < 4.78 is 0. The minimum atomic E-state index is -0.506. The Labute approximate surface area is 92.2 Å². The van der Waals surface area contributed by atoms with Gasteiger partial charge in [-0.2, -0.15) is 4.89 Å². The Balaban J connectivity index is 2.55. The van der Waals surface area contributed by atoms with Crippen LogP contribution in [0.4, 0.5) is 0 Å². The average Bonchev–Trinajstić information content (AvgIpc) is 2.28. The third-order valence-corrected chi connectivity index (χ3v) is 1.76. The molecule has 1 aromatic carbocycles. The van der Waals surface area contributed by atoms with Crippen molar-refractivity contribution >= 4 is 11.8 Å². The Bertz CT molecular complexity index is 386. The van der Waals surface area contributed by atoms with Crippen molar-refractivity contribution in [3.05, 3.63) is 35.4 Å². The first kappa shape index (κ1) is 12.0. The van der Waals surface area contributed by atoms with Gasteiger partial charge in [-0.15, -0.1) is 0 Å². The average molecular weight is 224 g/mol. The van der Waals surface area contributed by atoms with Gasteiger partial charge in [-0.25, -0.2) is 4.79 Å². The van der Waals surface area contributed by atoms with Crippen molar-refractivity contribution in [1.82, 2.24) is 0 Å². The standard InChI is InChI=1S/C10H12N2O4/c1-7(13)16-15-6-8-2-4-9(5-3-8)10(11)12-14/h2-5,14H,6H2,1H3,(H2,11,12). The van der Waals surface area contributed by atoms with Gasteiger partial charge in [0.05, 0.1) is 0 Å². The number of hydrogen-bond acceptors (Lipinski definition) is 5. The first-order valence-electron chi connectivity index (χ1n) is 4.50. The second kappa shape index (κ2) is 5.72. The number of rotatable bonds is 4. The van der Waals surface area contributed by atoms with Crippen molar-refractivity contribution in [3.8, 4) is 0 Å². The van der Waals surface area contributed by atoms with Crippen molar-refractivity contribution in [2.45, 2.75) is 13.5 Å². The van der Waals surface area contributed by atoms with E-state index >= 15 is 0 Å². The number of carbonyl (C=O) groups is 1. The SMILES string of the molecule is CC(=O)OOCc1ccc(C(N)=NO)cc1. The second-order valence-electron chi connectivity index (χ2n) is 3.02. The molecule has 0 saturated carbocycles. The molecule has 0 bridgehead atoms. The van der Waals surface area contributed by atoms with Crippen molar-refractivity contribution in [3.63, 3.8) is 0 Å². The van der Waals surface area contributed by atoms with Gasteiger partial charge >= 0.3 is 5.97 Å². The van der Waals surface area contributed by atoms with E-state index < -0.39 is 5.97 Å². The number of benzene rings is 1. The van der Waals surface area contributed by atoms with Gasteiger partial charge in [0.1, 0.15) is 6.61 Å². The molecule has 0 aromatic heterocycles. The van der Waals surface area contributed by atoms with E-state index in [2.05, 4.69) is 14.9 Å². The maximum absolute atomic E-state index is 10.4. The van der Waals surface area contributed by atoms with E-state index in [1.807, 2.05) is 0 Å². The predicted molar refractivity (Wildman–Crippen MR) is 55.5 cm³/mol. The quantitative estimate of drug-likeness (QED) is 0.259. The minimum Gasteiger partial charge on any atom is -0.409 e. The molecule has 0 heterocycles. The molecule has 86 valence electrons. The largest absolute Gasteiger partial charge is 0.409 e. The molecule has 0 aliphatic carbocycles. The predicted octanol–water partition coefficient (Wildman–Crippen LogP) is 0.776. The number of carbonyl (C=O) groups excluding carboxylic acids is 1. The van der Waals surface area contributed by atoms with E-state index in [-0.39, 0.29) is 12.4 Å². The molecule has 3 N–H and O–H groups in total. The van der Waals surface area contributed by atoms with Gasteiger partial charge < -0.3 is 10.9 Å². The van der Waals surface area contributed by atoms with E-state index in [1.54, 1.807) is 24.3 Å². The topological polar surface area (TPSA) is 94.1 Å². The van der Waals surface area contributed by atoms with E-state index in [0.717, 1.165) is 5.56 Å². The van der Waals surface area contributed by atoms with Crippen LogP contribution in [0.5, 0.6) is 0 Å². The molecule has 0 atom stereocenters. The number of amidine groups is 1. The van der Waals surface area contributed by atoms with Crippen LogP contribution in [0.1, 0.15) is 18.1 Å². The van der Waals surface area contributed by atoms with Crippen molar-refractivity contribution in [1.29, 1.82) is 0 Å². The summed E-state index contributed by atoms with van der Waals surface area (Å²) in [7, 11) is 0. The van der Waals surface area contributed by atoms with E-state index in [4.69, 9.17) is 10.9 Å². The van der Waals surface area contributed by atoms with Crippen LogP contribution in [-0.2, 0) is 21.2 Å². The minimum absolute atomic E-state index is 0.0347. The molecule has 6 heteroatoms. The first-order valence-corrected chi connectivity index (χ1v) is 4.50. The molecule has 16 heavy (non-hydrogen) atoms. The Kier molecular flexibility index (Phi) is 4.28. The van der Waals surface area contributed by atoms with Crippen molar-refractivity contribution in [2.75, 3.05) is 0 Å². The smallest absolute Gasteiger partial charge is 0.339 e. The van der Waals surface area contributed by atoms with Crippen LogP contribution < -0.4 is 5.73 Å². The van der Waals surface area contributed by atoms with Crippen LogP contribution in [0.2, 0.25) is 0 Å². The molecule has 0 amide bonds. The molecule has 0 aliphatic heterocycles. The lowest BCUT2D eigenvalue weighted by atomic mass is 10.1. The normalized spacial score (nSPS) is 11.2. The summed E-state index contributed by atoms with van der Waals surface area (Å²) in [5.74, 6) is -0.472. The molecule has 6 nitrogen and oxygen atoms in total. The Hall–Kier alpha value is -2.08. The maximum atomic E-state index is 10.4. The van der Waals surface area contributed by atoms with Crippen LogP contribution in [0.25, 0.3) is 0 Å². The molecule has 0 fully saturated rings. The highest BCUT2D eigenvalue weighted by atomic mass is 17.2. The van der Waals surface area contributed by atoms with Crippen LogP contribution in [0.15, 0.2) is 29.4 Å². The molecule has 0 radical (unpaired) electrons. The summed E-state index contributed by atoms with van der Waals surface area (Å²) in [6.07, 6.45) is 0. The zero-order chi connectivity index (χ0) is 12.0. The fraction of sp³-hybridized carbons (Fsp3) is 0.200. The second-order valence-corrected chi connectivity index (χ2v) is 3.02. The molecule has 0 spiro atoms. The zero-order valence-electron chi connectivity index (χ0n) is 8.71. The highest BCUT2D eigenvalue weighted by Gasteiger charge is 2.00. The lowest BCUT2D eigenvalue weighted by molar-refractivity contribution is -0.277. The van der Waals surface area contributed by atoms with Crippen LogP contribution in [0, 0.1) is 0 Å². The molecular weight excluding hydrogens is 212 g/mol. The molecule has 1 aromatic rings. The van der Waals surface area contributed by atoms with Gasteiger partial charge in [-0.05, 0) is 5.56 Å². The fourth-order valence-electron chi connectivity index (χ4n) is 1.01. The van der Waals surface area contributed by atoms with Gasteiger partial charge in [0.15, 0.2) is 5.84 Å². The Morgan fingerprint density at radius 1 is 1.44 bits per heavy atom. The Morgan fingerprint density at radius 2 is 2.06 bits per heavy atom. The summed E-state index contributed by atoms with van der Waals surface area (Å²) in [5, 5.41) is 11.3. The van der Waals surface area contributed by atoms with Gasteiger partial charge in [0.2, 0.25) is 0 Å². The summed E-state index contributed by atoms with van der Waals surface area (Å²) in [4.78, 5) is 19.4. The van der Waals surface area contributed by atoms with Crippen LogP contribution >= 0.6 is 0 Å². The lowest BCUT2D eigenvalue weighted by Crippen LogP contribution is -2.12. The van der Waals surface area contributed by atoms with Crippen molar-refractivity contribution < 1.29 is 19.8 Å². The number of oxime groups is 1.